The summed E-state index contributed by atoms with van der Waals surface area (Å²) in [5.41, 5.74) is 0.220. The molecule has 0 aliphatic carbocycles. The van der Waals surface area contributed by atoms with Crippen LogP contribution in [0.3, 0.4) is 0 Å². The summed E-state index contributed by atoms with van der Waals surface area (Å²) in [4.78, 5) is 60.0. The lowest BCUT2D eigenvalue weighted by molar-refractivity contribution is -0.142. The first-order valence-corrected chi connectivity index (χ1v) is 16.9. The lowest BCUT2D eigenvalue weighted by atomic mass is 9.84. The van der Waals surface area contributed by atoms with Gasteiger partial charge in [0.1, 0.15) is 17.9 Å². The van der Waals surface area contributed by atoms with E-state index in [0.29, 0.717) is 30.6 Å². The molecule has 2 aliphatic rings. The Labute approximate surface area is 279 Å². The summed E-state index contributed by atoms with van der Waals surface area (Å²) in [5, 5.41) is 5.76. The number of halogens is 2. The molecule has 2 saturated heterocycles. The summed E-state index contributed by atoms with van der Waals surface area (Å²) in [6.45, 7) is 17.0. The molecule has 0 saturated carbocycles. The zero-order valence-corrected chi connectivity index (χ0v) is 29.7. The van der Waals surface area contributed by atoms with E-state index in [1.54, 1.807) is 29.8 Å². The largest absolute Gasteiger partial charge is 0.342 e. The minimum absolute atomic E-state index is 0.0382. The molecule has 3 rings (SSSR count). The van der Waals surface area contributed by atoms with Gasteiger partial charge in [0.2, 0.25) is 23.6 Å². The first-order valence-electron chi connectivity index (χ1n) is 16.5. The summed E-state index contributed by atoms with van der Waals surface area (Å²) < 4.78 is 13.6. The molecule has 256 valence electrons. The number of hydrogen-bond donors (Lipinski definition) is 2. The normalized spacial score (nSPS) is 20.9. The number of likely N-dealkylation sites (tertiary alicyclic amines) is 2. The number of piperidine rings is 1. The van der Waals surface area contributed by atoms with Crippen molar-refractivity contribution in [3.63, 3.8) is 0 Å². The molecule has 1 aromatic rings. The maximum absolute atomic E-state index is 14.1. The van der Waals surface area contributed by atoms with Crippen LogP contribution in [0.4, 0.5) is 10.1 Å². The Morgan fingerprint density at radius 1 is 1.00 bits per heavy atom. The fraction of sp³-hybridized carbons (Fsp3) is 0.657. The first-order chi connectivity index (χ1) is 21.4. The molecule has 9 nitrogen and oxygen atoms in total. The summed E-state index contributed by atoms with van der Waals surface area (Å²) >= 11 is 5.87. The third-order valence-corrected chi connectivity index (χ3v) is 9.44. The molecule has 11 heteroatoms. The Morgan fingerprint density at radius 2 is 1.65 bits per heavy atom. The van der Waals surface area contributed by atoms with E-state index >= 15 is 0 Å². The van der Waals surface area contributed by atoms with Gasteiger partial charge in [0, 0.05) is 30.9 Å². The average Bonchev–Trinajstić information content (AvgIpc) is 3.48. The number of benzene rings is 1. The van der Waals surface area contributed by atoms with Crippen LogP contribution in [0, 0.1) is 17.2 Å². The smallest absolute Gasteiger partial charge is 0.249 e. The Morgan fingerprint density at radius 3 is 2.24 bits per heavy atom. The molecule has 46 heavy (non-hydrogen) atoms. The van der Waals surface area contributed by atoms with Crippen molar-refractivity contribution in [2.45, 2.75) is 118 Å². The Hall–Kier alpha value is -2.98. The van der Waals surface area contributed by atoms with E-state index in [2.05, 4.69) is 29.4 Å². The highest BCUT2D eigenvalue weighted by atomic mass is 35.5. The monoisotopic (exact) mass is 661 g/mol. The van der Waals surface area contributed by atoms with E-state index in [1.165, 1.54) is 18.2 Å². The van der Waals surface area contributed by atoms with Crippen molar-refractivity contribution in [1.29, 1.82) is 0 Å². The molecular formula is C35H53ClFN5O4. The second-order valence-corrected chi connectivity index (χ2v) is 14.9. The Kier molecular flexibility index (Phi) is 12.8. The quantitative estimate of drug-likeness (QED) is 0.317. The van der Waals surface area contributed by atoms with Crippen LogP contribution in [0.2, 0.25) is 5.02 Å². The van der Waals surface area contributed by atoms with Gasteiger partial charge in [-0.1, -0.05) is 58.7 Å². The predicted molar refractivity (Wildman–Crippen MR) is 181 cm³/mol. The number of carbonyl (C=O) groups is 4. The predicted octanol–water partition coefficient (Wildman–Crippen LogP) is 5.63. The lowest BCUT2D eigenvalue weighted by Crippen LogP contribution is -2.60. The Bertz CT molecular complexity index is 1310. The summed E-state index contributed by atoms with van der Waals surface area (Å²) in [6, 6.07) is 2.00. The number of anilines is 1. The molecule has 0 aromatic heterocycles. The van der Waals surface area contributed by atoms with Crippen molar-refractivity contribution in [2.75, 3.05) is 25.5 Å². The van der Waals surface area contributed by atoms with Crippen molar-refractivity contribution in [1.82, 2.24) is 20.0 Å². The van der Waals surface area contributed by atoms with Crippen LogP contribution in [0.15, 0.2) is 29.8 Å². The van der Waals surface area contributed by atoms with Crippen LogP contribution in [0.1, 0.15) is 87.5 Å². The van der Waals surface area contributed by atoms with Crippen molar-refractivity contribution in [3.8, 4) is 0 Å². The fourth-order valence-corrected chi connectivity index (χ4v) is 6.66. The van der Waals surface area contributed by atoms with Gasteiger partial charge in [0.25, 0.3) is 0 Å². The zero-order chi connectivity index (χ0) is 34.5. The maximum Gasteiger partial charge on any atom is 0.249 e. The molecule has 2 heterocycles. The second kappa shape index (κ2) is 15.7. The minimum atomic E-state index is -0.766. The van der Waals surface area contributed by atoms with Gasteiger partial charge in [-0.15, -0.1) is 0 Å². The van der Waals surface area contributed by atoms with Crippen LogP contribution in [-0.2, 0) is 19.2 Å². The number of amides is 4. The SMILES string of the molecule is CC(=C[C@H](C(C)C)N(C)C(=O)[C@@H](NC(=O)[C@H]1CCCCN1C(C)C)C(C)(C)C)C(=O)N1CCC[C@H]1C(=O)Nc1ccc(F)c(Cl)c1. The third-order valence-electron chi connectivity index (χ3n) is 9.15. The highest BCUT2D eigenvalue weighted by Crippen LogP contribution is 2.27. The zero-order valence-electron chi connectivity index (χ0n) is 29.0. The first kappa shape index (κ1) is 37.5. The van der Waals surface area contributed by atoms with E-state index < -0.39 is 29.4 Å². The van der Waals surface area contributed by atoms with Gasteiger partial charge >= 0.3 is 0 Å². The van der Waals surface area contributed by atoms with E-state index in [1.807, 2.05) is 34.6 Å². The van der Waals surface area contributed by atoms with E-state index in [4.69, 9.17) is 11.6 Å². The maximum atomic E-state index is 14.1. The molecule has 2 N–H and O–H groups in total. The van der Waals surface area contributed by atoms with Crippen molar-refractivity contribution in [3.05, 3.63) is 40.7 Å². The van der Waals surface area contributed by atoms with E-state index in [0.717, 1.165) is 25.8 Å². The summed E-state index contributed by atoms with van der Waals surface area (Å²) in [6.07, 6.45) is 5.74. The van der Waals surface area contributed by atoms with Crippen molar-refractivity contribution in [2.24, 2.45) is 11.3 Å². The van der Waals surface area contributed by atoms with Gasteiger partial charge in [0.15, 0.2) is 0 Å². The van der Waals surface area contributed by atoms with Crippen LogP contribution >= 0.6 is 11.6 Å². The van der Waals surface area contributed by atoms with E-state index in [-0.39, 0.29) is 46.7 Å². The number of likely N-dealkylation sites (N-methyl/N-ethyl adjacent to an activating group) is 1. The number of carbonyl (C=O) groups excluding carboxylic acids is 4. The third kappa shape index (κ3) is 9.09. The molecule has 2 fully saturated rings. The second-order valence-electron chi connectivity index (χ2n) is 14.5. The topological polar surface area (TPSA) is 102 Å². The highest BCUT2D eigenvalue weighted by Gasteiger charge is 2.40. The lowest BCUT2D eigenvalue weighted by Gasteiger charge is -2.41. The molecule has 4 atom stereocenters. The highest BCUT2D eigenvalue weighted by molar-refractivity contribution is 6.31. The fourth-order valence-electron chi connectivity index (χ4n) is 6.48. The van der Waals surface area contributed by atoms with Gasteiger partial charge < -0.3 is 20.4 Å². The summed E-state index contributed by atoms with van der Waals surface area (Å²) in [7, 11) is 1.72. The van der Waals surface area contributed by atoms with Gasteiger partial charge in [-0.25, -0.2) is 4.39 Å². The van der Waals surface area contributed by atoms with Crippen molar-refractivity contribution < 1.29 is 23.6 Å². The minimum Gasteiger partial charge on any atom is -0.342 e. The standard InChI is InChI=1S/C35H53ClFN5O4/c1-21(2)29(40(9)34(46)30(35(6,7)8)39-32(44)27-13-10-11-17-41(27)22(3)4)19-23(5)33(45)42-18-12-14-28(42)31(43)38-24-15-16-26(37)25(36)20-24/h15-16,19-22,27-30H,10-14,17-18H2,1-9H3,(H,38,43)(H,39,44)/t27-,28+,29-,30-/m1/s1. The Balaban J connectivity index is 1.78. The van der Waals surface area contributed by atoms with Crippen LogP contribution in [-0.4, -0.2) is 88.7 Å². The summed E-state index contributed by atoms with van der Waals surface area (Å²) in [5.74, 6) is -1.62. The molecule has 0 radical (unpaired) electrons. The number of rotatable bonds is 10. The molecule has 0 spiro atoms. The number of nitrogens with one attached hydrogen (secondary N) is 2. The van der Waals surface area contributed by atoms with Gasteiger partial charge in [-0.2, -0.15) is 0 Å². The van der Waals surface area contributed by atoms with Gasteiger partial charge in [-0.3, -0.25) is 24.1 Å². The molecule has 0 bridgehead atoms. The molecule has 0 unspecified atom stereocenters. The average molecular weight is 662 g/mol. The van der Waals surface area contributed by atoms with E-state index in [9.17, 15) is 23.6 Å². The van der Waals surface area contributed by atoms with Crippen LogP contribution in [0.25, 0.3) is 0 Å². The van der Waals surface area contributed by atoms with Gasteiger partial charge in [-0.05, 0) is 82.5 Å². The van der Waals surface area contributed by atoms with Crippen LogP contribution in [0.5, 0.6) is 0 Å². The van der Waals surface area contributed by atoms with Gasteiger partial charge in [0.05, 0.1) is 17.1 Å². The number of hydrogen-bond acceptors (Lipinski definition) is 5. The molecule has 1 aromatic carbocycles. The van der Waals surface area contributed by atoms with Crippen LogP contribution < -0.4 is 10.6 Å². The molecule has 2 aliphatic heterocycles. The van der Waals surface area contributed by atoms with Crippen molar-refractivity contribution >= 4 is 40.9 Å². The molecule has 4 amide bonds. The molecular weight excluding hydrogens is 609 g/mol. The number of nitrogens with zero attached hydrogens (tertiary/aromatic N) is 3.